The molecule has 0 radical (unpaired) electrons. The molecule has 1 saturated heterocycles. The predicted molar refractivity (Wildman–Crippen MR) is 114 cm³/mol. The maximum Gasteiger partial charge on any atom is 0.352 e. The van der Waals surface area contributed by atoms with Crippen LogP contribution in [0.4, 0.5) is 0 Å². The fourth-order valence-electron chi connectivity index (χ4n) is 3.37. The minimum absolute atomic E-state index is 0.0357. The molecule has 0 bridgehead atoms. The van der Waals surface area contributed by atoms with Crippen molar-refractivity contribution < 1.29 is 42.8 Å². The zero-order chi connectivity index (χ0) is 23.8. The van der Waals surface area contributed by atoms with Gasteiger partial charge in [-0.25, -0.2) is 4.79 Å². The first-order valence-electron chi connectivity index (χ1n) is 10.3. The van der Waals surface area contributed by atoms with Gasteiger partial charge in [0.1, 0.15) is 11.5 Å². The fourth-order valence-corrected chi connectivity index (χ4v) is 3.37. The van der Waals surface area contributed by atoms with Gasteiger partial charge in [0, 0.05) is 13.8 Å². The molecule has 33 heavy (non-hydrogen) atoms. The molecular formula is C24H26O9. The number of esters is 3. The third kappa shape index (κ3) is 6.69. The van der Waals surface area contributed by atoms with Crippen molar-refractivity contribution in [2.45, 2.75) is 44.9 Å². The van der Waals surface area contributed by atoms with Crippen molar-refractivity contribution in [2.75, 3.05) is 13.7 Å². The van der Waals surface area contributed by atoms with Crippen molar-refractivity contribution >= 4 is 17.9 Å². The molecule has 0 aliphatic carbocycles. The number of carbonyl (C=O) groups excluding carboxylic acids is 3. The largest absolute Gasteiger partial charge is 0.497 e. The van der Waals surface area contributed by atoms with Crippen LogP contribution < -0.4 is 9.47 Å². The summed E-state index contributed by atoms with van der Waals surface area (Å²) in [5.41, 5.74) is 0.932. The maximum absolute atomic E-state index is 12.6. The van der Waals surface area contributed by atoms with E-state index in [1.165, 1.54) is 14.0 Å². The molecule has 0 amide bonds. The zero-order valence-corrected chi connectivity index (χ0v) is 18.6. The Morgan fingerprint density at radius 1 is 0.879 bits per heavy atom. The van der Waals surface area contributed by atoms with Gasteiger partial charge in [0.05, 0.1) is 20.3 Å². The van der Waals surface area contributed by atoms with Crippen molar-refractivity contribution in [2.24, 2.45) is 0 Å². The standard InChI is InChI=1S/C24H26O9/c1-15(25)30-22-21(32-19-11-9-18(28-3)10-12-19)20(33-24(27)23(22)31-16(2)26)14-29-13-17-7-5-4-6-8-17/h4-12,20-23H,13-14H2,1-3H3/t20-,21+,22+,23-/m0/s1. The SMILES string of the molecule is COc1ccc(O[C@H]2[C@@H](OC(C)=O)[C@H](OC(C)=O)C(=O)O[C@H]2COCc2ccccc2)cc1. The number of methoxy groups -OCH3 is 1. The summed E-state index contributed by atoms with van der Waals surface area (Å²) in [5.74, 6) is -1.21. The molecule has 0 N–H and O–H groups in total. The van der Waals surface area contributed by atoms with Gasteiger partial charge in [-0.15, -0.1) is 0 Å². The number of hydrogen-bond acceptors (Lipinski definition) is 9. The van der Waals surface area contributed by atoms with Crippen LogP contribution >= 0.6 is 0 Å². The summed E-state index contributed by atoms with van der Waals surface area (Å²) in [5, 5.41) is 0. The van der Waals surface area contributed by atoms with Crippen LogP contribution in [0.15, 0.2) is 54.6 Å². The Morgan fingerprint density at radius 2 is 1.52 bits per heavy atom. The number of cyclic esters (lactones) is 1. The van der Waals surface area contributed by atoms with E-state index in [4.69, 9.17) is 28.4 Å². The van der Waals surface area contributed by atoms with Crippen molar-refractivity contribution in [3.05, 3.63) is 60.2 Å². The lowest BCUT2D eigenvalue weighted by molar-refractivity contribution is -0.219. The summed E-state index contributed by atoms with van der Waals surface area (Å²) in [6.45, 7) is 2.57. The molecule has 176 valence electrons. The highest BCUT2D eigenvalue weighted by Gasteiger charge is 2.52. The smallest absolute Gasteiger partial charge is 0.352 e. The number of hydrogen-bond donors (Lipinski definition) is 0. The van der Waals surface area contributed by atoms with Crippen molar-refractivity contribution in [1.82, 2.24) is 0 Å². The van der Waals surface area contributed by atoms with Gasteiger partial charge >= 0.3 is 17.9 Å². The van der Waals surface area contributed by atoms with E-state index in [0.29, 0.717) is 11.5 Å². The maximum atomic E-state index is 12.6. The van der Waals surface area contributed by atoms with Crippen molar-refractivity contribution in [3.63, 3.8) is 0 Å². The number of rotatable bonds is 9. The van der Waals surface area contributed by atoms with Gasteiger partial charge < -0.3 is 28.4 Å². The average molecular weight is 458 g/mol. The van der Waals surface area contributed by atoms with Crippen molar-refractivity contribution in [1.29, 1.82) is 0 Å². The summed E-state index contributed by atoms with van der Waals surface area (Å²) in [6.07, 6.45) is -4.64. The molecule has 2 aromatic carbocycles. The summed E-state index contributed by atoms with van der Waals surface area (Å²) < 4.78 is 33.0. The van der Waals surface area contributed by atoms with Crippen LogP contribution in [0.2, 0.25) is 0 Å². The molecule has 0 saturated carbocycles. The summed E-state index contributed by atoms with van der Waals surface area (Å²) in [4.78, 5) is 36.0. The summed E-state index contributed by atoms with van der Waals surface area (Å²) in [6, 6.07) is 16.2. The minimum atomic E-state index is -1.47. The quantitative estimate of drug-likeness (QED) is 0.414. The van der Waals surface area contributed by atoms with Gasteiger partial charge in [-0.2, -0.15) is 0 Å². The minimum Gasteiger partial charge on any atom is -0.497 e. The molecule has 0 spiro atoms. The van der Waals surface area contributed by atoms with Gasteiger partial charge in [-0.05, 0) is 29.8 Å². The third-order valence-electron chi connectivity index (χ3n) is 4.81. The second-order valence-corrected chi connectivity index (χ2v) is 7.34. The molecule has 1 heterocycles. The highest BCUT2D eigenvalue weighted by atomic mass is 16.7. The summed E-state index contributed by atoms with van der Waals surface area (Å²) >= 11 is 0. The fraction of sp³-hybridized carbons (Fsp3) is 0.375. The van der Waals surface area contributed by atoms with Gasteiger partial charge in [-0.1, -0.05) is 30.3 Å². The van der Waals surface area contributed by atoms with E-state index in [1.54, 1.807) is 24.3 Å². The van der Waals surface area contributed by atoms with E-state index < -0.39 is 42.3 Å². The molecule has 0 unspecified atom stereocenters. The molecule has 0 aromatic heterocycles. The molecule has 1 aliphatic rings. The first kappa shape index (κ1) is 24.1. The molecule has 3 rings (SSSR count). The van der Waals surface area contributed by atoms with Crippen LogP contribution in [0.1, 0.15) is 19.4 Å². The van der Waals surface area contributed by atoms with E-state index >= 15 is 0 Å². The van der Waals surface area contributed by atoms with E-state index in [9.17, 15) is 14.4 Å². The average Bonchev–Trinajstić information content (AvgIpc) is 2.79. The molecule has 4 atom stereocenters. The zero-order valence-electron chi connectivity index (χ0n) is 18.6. The van der Waals surface area contributed by atoms with Crippen LogP contribution in [0.3, 0.4) is 0 Å². The second-order valence-electron chi connectivity index (χ2n) is 7.34. The molecule has 2 aromatic rings. The second kappa shape index (κ2) is 11.3. The first-order valence-corrected chi connectivity index (χ1v) is 10.3. The Bertz CT molecular complexity index is 942. The molecule has 1 aliphatic heterocycles. The van der Waals surface area contributed by atoms with Crippen molar-refractivity contribution in [3.8, 4) is 11.5 Å². The Morgan fingerprint density at radius 3 is 2.12 bits per heavy atom. The highest BCUT2D eigenvalue weighted by Crippen LogP contribution is 2.28. The Labute approximate surface area is 191 Å². The van der Waals surface area contributed by atoms with E-state index in [1.807, 2.05) is 30.3 Å². The third-order valence-corrected chi connectivity index (χ3v) is 4.81. The van der Waals surface area contributed by atoms with Gasteiger partial charge in [0.2, 0.25) is 6.10 Å². The summed E-state index contributed by atoms with van der Waals surface area (Å²) in [7, 11) is 1.54. The predicted octanol–water partition coefficient (Wildman–Crippen LogP) is 2.45. The topological polar surface area (TPSA) is 107 Å². The van der Waals surface area contributed by atoms with Crippen LogP contribution in [0.5, 0.6) is 11.5 Å². The lowest BCUT2D eigenvalue weighted by atomic mass is 9.98. The van der Waals surface area contributed by atoms with Crippen LogP contribution in [0, 0.1) is 0 Å². The number of benzene rings is 2. The van der Waals surface area contributed by atoms with Gasteiger partial charge in [0.15, 0.2) is 18.3 Å². The molecule has 9 heteroatoms. The lowest BCUT2D eigenvalue weighted by Crippen LogP contribution is -2.61. The Hall–Kier alpha value is -3.59. The molecule has 1 fully saturated rings. The van der Waals surface area contributed by atoms with E-state index in [-0.39, 0.29) is 13.2 Å². The monoisotopic (exact) mass is 458 g/mol. The molecular weight excluding hydrogens is 432 g/mol. The van der Waals surface area contributed by atoms with E-state index in [0.717, 1.165) is 12.5 Å². The van der Waals surface area contributed by atoms with Crippen LogP contribution in [-0.4, -0.2) is 56.0 Å². The van der Waals surface area contributed by atoms with E-state index in [2.05, 4.69) is 0 Å². The Kier molecular flexibility index (Phi) is 8.26. The first-order chi connectivity index (χ1) is 15.9. The normalized spacial score (nSPS) is 22.1. The van der Waals surface area contributed by atoms with Gasteiger partial charge in [-0.3, -0.25) is 9.59 Å². The van der Waals surface area contributed by atoms with Crippen LogP contribution in [0.25, 0.3) is 0 Å². The highest BCUT2D eigenvalue weighted by molar-refractivity contribution is 5.81. The van der Waals surface area contributed by atoms with Gasteiger partial charge in [0.25, 0.3) is 0 Å². The lowest BCUT2D eigenvalue weighted by Gasteiger charge is -2.39. The number of ether oxygens (including phenoxy) is 6. The van der Waals surface area contributed by atoms with Crippen LogP contribution in [-0.2, 0) is 39.9 Å². The number of carbonyl (C=O) groups is 3. The Balaban J connectivity index is 1.84. The molecule has 9 nitrogen and oxygen atoms in total.